The summed E-state index contributed by atoms with van der Waals surface area (Å²) in [5.41, 5.74) is 0. The number of aliphatic hydroxyl groups is 1. The first-order valence-electron chi connectivity index (χ1n) is 5.83. The molecule has 0 aliphatic carbocycles. The van der Waals surface area contributed by atoms with E-state index in [1.54, 1.807) is 0 Å². The lowest BCUT2D eigenvalue weighted by atomic mass is 10.1. The van der Waals surface area contributed by atoms with Gasteiger partial charge in [0.2, 0.25) is 0 Å². The largest absolute Gasteiger partial charge is 0.690 e. The van der Waals surface area contributed by atoms with Gasteiger partial charge >= 0.3 is 24.5 Å². The minimum absolute atomic E-state index is 0.169. The van der Waals surface area contributed by atoms with E-state index in [0.717, 1.165) is 7.11 Å². The zero-order valence-corrected chi connectivity index (χ0v) is 14.1. The second-order valence-electron chi connectivity index (χ2n) is 4.25. The number of ether oxygens (including phenoxy) is 1. The van der Waals surface area contributed by atoms with E-state index in [1.807, 2.05) is 0 Å². The summed E-state index contributed by atoms with van der Waals surface area (Å²) in [5.74, 6) is 0. The van der Waals surface area contributed by atoms with E-state index < -0.39 is 49.4 Å². The van der Waals surface area contributed by atoms with Gasteiger partial charge in [-0.2, -0.15) is 29.0 Å². The average molecular weight is 402 g/mol. The van der Waals surface area contributed by atoms with E-state index in [1.165, 1.54) is 0 Å². The predicted octanol–water partition coefficient (Wildman–Crippen LogP) is -0.459. The lowest BCUT2D eigenvalue weighted by molar-refractivity contribution is -0.00222. The molecule has 17 heteroatoms. The minimum atomic E-state index is -4.81. The highest BCUT2D eigenvalue weighted by Crippen LogP contribution is 2.87. The standard InChI is InChI=1S/C6H15NO13P3/c1-14-23(17-18-23)20-22(12,13)19-21(10,11)16-3-5-6(8)4(7-9)2-15-5/h4-6,8,10-13H,2-3H2,1H3/q+3/t4?,5-,6?/m0/s1. The zero-order valence-electron chi connectivity index (χ0n) is 11.4. The van der Waals surface area contributed by atoms with Gasteiger partial charge in [-0.3, -0.25) is 0 Å². The summed E-state index contributed by atoms with van der Waals surface area (Å²) >= 11 is 0. The SMILES string of the molecule is CO[P+]1(O[P+](O)(O)O[P+](O)(O)OC[C@@H]2OCC(N=O)C2O)OO1. The van der Waals surface area contributed by atoms with Gasteiger partial charge in [0, 0.05) is 0 Å². The molecule has 2 saturated heterocycles. The molecule has 0 spiro atoms. The van der Waals surface area contributed by atoms with Crippen LogP contribution in [0, 0.1) is 4.91 Å². The molecule has 0 aromatic rings. The highest BCUT2D eigenvalue weighted by molar-refractivity contribution is 7.75. The molecule has 2 aliphatic rings. The fraction of sp³-hybridized carbons (Fsp3) is 1.00. The van der Waals surface area contributed by atoms with E-state index in [-0.39, 0.29) is 6.61 Å². The Balaban J connectivity index is 1.83. The van der Waals surface area contributed by atoms with Gasteiger partial charge in [0.05, 0.1) is 27.4 Å². The van der Waals surface area contributed by atoms with Crippen molar-refractivity contribution in [2.45, 2.75) is 18.2 Å². The van der Waals surface area contributed by atoms with Gasteiger partial charge in [-0.05, 0) is 0 Å². The van der Waals surface area contributed by atoms with Crippen LogP contribution < -0.4 is 0 Å². The molecule has 0 aromatic carbocycles. The Morgan fingerprint density at radius 1 is 1.26 bits per heavy atom. The zero-order chi connectivity index (χ0) is 17.3. The molecule has 14 nitrogen and oxygen atoms in total. The molecule has 0 amide bonds. The monoisotopic (exact) mass is 402 g/mol. The molecule has 134 valence electrons. The first-order chi connectivity index (χ1) is 10.6. The van der Waals surface area contributed by atoms with E-state index >= 15 is 0 Å². The number of hydrogen-bond acceptors (Lipinski definition) is 14. The molecule has 0 bridgehead atoms. The van der Waals surface area contributed by atoms with Crippen LogP contribution in [0.1, 0.15) is 0 Å². The summed E-state index contributed by atoms with van der Waals surface area (Å²) in [6, 6.07) is -1.02. The first-order valence-corrected chi connectivity index (χ1v) is 10.4. The smallest absolute Gasteiger partial charge is 0.388 e. The normalized spacial score (nSPS) is 30.4. The summed E-state index contributed by atoms with van der Waals surface area (Å²) in [7, 11) is -11.9. The van der Waals surface area contributed by atoms with Crippen molar-refractivity contribution in [1.82, 2.24) is 0 Å². The van der Waals surface area contributed by atoms with Crippen LogP contribution in [-0.2, 0) is 31.8 Å². The van der Waals surface area contributed by atoms with Crippen LogP contribution >= 0.6 is 24.5 Å². The second kappa shape index (κ2) is 7.34. The van der Waals surface area contributed by atoms with Crippen LogP contribution in [-0.4, -0.2) is 63.3 Å². The summed E-state index contributed by atoms with van der Waals surface area (Å²) < 4.78 is 31.4. The van der Waals surface area contributed by atoms with Crippen molar-refractivity contribution in [2.75, 3.05) is 20.3 Å². The molecule has 2 heterocycles. The predicted molar refractivity (Wildman–Crippen MR) is 72.3 cm³/mol. The number of aliphatic hydroxyl groups excluding tert-OH is 1. The van der Waals surface area contributed by atoms with Crippen molar-refractivity contribution < 1.29 is 56.4 Å². The highest BCUT2D eigenvalue weighted by Gasteiger charge is 2.83. The average Bonchev–Trinajstić information content (AvgIpc) is 3.10. The summed E-state index contributed by atoms with van der Waals surface area (Å²) in [6.45, 7) is -0.789. The molecular formula is C6H15NO13P3+3. The third kappa shape index (κ3) is 5.44. The van der Waals surface area contributed by atoms with Gasteiger partial charge in [-0.25, -0.2) is 0 Å². The molecule has 2 fully saturated rings. The Kier molecular flexibility index (Phi) is 6.30. The third-order valence-electron chi connectivity index (χ3n) is 2.64. The van der Waals surface area contributed by atoms with Crippen molar-refractivity contribution >= 4 is 24.5 Å². The Labute approximate surface area is 130 Å². The molecule has 2 aliphatic heterocycles. The Bertz CT molecular complexity index is 432. The van der Waals surface area contributed by atoms with Gasteiger partial charge < -0.3 is 9.84 Å². The number of nitrogens with zero attached hydrogens (tertiary/aromatic N) is 1. The molecule has 0 aromatic heterocycles. The lowest BCUT2D eigenvalue weighted by Gasteiger charge is -2.14. The summed E-state index contributed by atoms with van der Waals surface area (Å²) in [4.78, 5) is 48.4. The van der Waals surface area contributed by atoms with Gasteiger partial charge in [0.15, 0.2) is 0 Å². The van der Waals surface area contributed by atoms with Crippen LogP contribution in [0.25, 0.3) is 0 Å². The summed E-state index contributed by atoms with van der Waals surface area (Å²) in [6.07, 6.45) is -2.40. The van der Waals surface area contributed by atoms with Crippen LogP contribution in [0.4, 0.5) is 0 Å². The van der Waals surface area contributed by atoms with Crippen molar-refractivity contribution in [3.05, 3.63) is 4.91 Å². The van der Waals surface area contributed by atoms with Gasteiger partial charge in [-0.1, -0.05) is 5.18 Å². The molecule has 3 atom stereocenters. The number of rotatable bonds is 9. The van der Waals surface area contributed by atoms with Gasteiger partial charge in [0.1, 0.15) is 29.2 Å². The fourth-order valence-electron chi connectivity index (χ4n) is 1.53. The maximum atomic E-state index is 10.4. The Morgan fingerprint density at radius 2 is 1.91 bits per heavy atom. The highest BCUT2D eigenvalue weighted by atomic mass is 31.3. The second-order valence-corrected chi connectivity index (χ2v) is 9.34. The van der Waals surface area contributed by atoms with E-state index in [0.29, 0.717) is 0 Å². The van der Waals surface area contributed by atoms with Crippen molar-refractivity contribution in [3.63, 3.8) is 0 Å². The van der Waals surface area contributed by atoms with Crippen LogP contribution in [0.2, 0.25) is 0 Å². The molecule has 0 saturated carbocycles. The van der Waals surface area contributed by atoms with Crippen molar-refractivity contribution in [1.29, 1.82) is 0 Å². The molecule has 2 unspecified atom stereocenters. The number of nitroso groups, excluding NO2 is 1. The molecule has 5 N–H and O–H groups in total. The lowest BCUT2D eigenvalue weighted by Crippen LogP contribution is -2.32. The minimum Gasteiger partial charge on any atom is -0.388 e. The van der Waals surface area contributed by atoms with Crippen molar-refractivity contribution in [3.8, 4) is 0 Å². The quantitative estimate of drug-likeness (QED) is 0.144. The maximum Gasteiger partial charge on any atom is 0.690 e. The third-order valence-corrected chi connectivity index (χ3v) is 7.32. The maximum absolute atomic E-state index is 10.4. The first kappa shape index (κ1) is 19.7. The topological polar surface area (TPSA) is 202 Å². The van der Waals surface area contributed by atoms with Gasteiger partial charge in [-0.15, -0.1) is 4.52 Å². The van der Waals surface area contributed by atoms with Gasteiger partial charge in [0.25, 0.3) is 0 Å². The molecule has 23 heavy (non-hydrogen) atoms. The molecular weight excluding hydrogens is 387 g/mol. The number of hydrogen-bond donors (Lipinski definition) is 5. The summed E-state index contributed by atoms with van der Waals surface area (Å²) in [5, 5.41) is 12.2. The Hall–Kier alpha value is 0.410. The molecule has 2 rings (SSSR count). The fourth-order valence-corrected chi connectivity index (χ4v) is 5.42. The van der Waals surface area contributed by atoms with E-state index in [4.69, 9.17) is 4.74 Å². The Morgan fingerprint density at radius 3 is 2.39 bits per heavy atom. The van der Waals surface area contributed by atoms with Crippen LogP contribution in [0.3, 0.4) is 0 Å². The van der Waals surface area contributed by atoms with E-state index in [2.05, 4.69) is 32.2 Å². The van der Waals surface area contributed by atoms with Crippen LogP contribution in [0.5, 0.6) is 0 Å². The van der Waals surface area contributed by atoms with E-state index in [9.17, 15) is 29.6 Å². The molecule has 0 radical (unpaired) electrons. The van der Waals surface area contributed by atoms with Crippen LogP contribution in [0.15, 0.2) is 5.18 Å². The van der Waals surface area contributed by atoms with Crippen molar-refractivity contribution in [2.24, 2.45) is 5.18 Å².